The second kappa shape index (κ2) is 2.54. The molecule has 11 heavy (non-hydrogen) atoms. The van der Waals surface area contributed by atoms with Crippen LogP contribution in [-0.2, 0) is 0 Å². The van der Waals surface area contributed by atoms with Gasteiger partial charge in [-0.25, -0.2) is 0 Å². The molecule has 2 atom stereocenters. The van der Waals surface area contributed by atoms with Crippen LogP contribution in [0.4, 0.5) is 0 Å². The fourth-order valence-electron chi connectivity index (χ4n) is 2.54. The number of allylic oxidation sites excluding steroid dienone is 2. The SMILES string of the molecule is CC1CC(C)C2=C1CCCN2. The van der Waals surface area contributed by atoms with Crippen LogP contribution >= 0.6 is 0 Å². The average Bonchev–Trinajstić information content (AvgIpc) is 2.30. The normalized spacial score (nSPS) is 36.9. The molecule has 1 heteroatoms. The van der Waals surface area contributed by atoms with Gasteiger partial charge in [0.05, 0.1) is 0 Å². The maximum absolute atomic E-state index is 3.54. The van der Waals surface area contributed by atoms with Crippen LogP contribution < -0.4 is 5.32 Å². The molecule has 1 N–H and O–H groups in total. The second-order valence-corrected chi connectivity index (χ2v) is 4.01. The lowest BCUT2D eigenvalue weighted by Crippen LogP contribution is -2.22. The van der Waals surface area contributed by atoms with Crippen molar-refractivity contribution in [3.8, 4) is 0 Å². The monoisotopic (exact) mass is 151 g/mol. The lowest BCUT2D eigenvalue weighted by molar-refractivity contribution is 0.555. The third-order valence-corrected chi connectivity index (χ3v) is 3.08. The minimum atomic E-state index is 0.806. The molecule has 0 saturated carbocycles. The minimum absolute atomic E-state index is 0.806. The van der Waals surface area contributed by atoms with E-state index in [-0.39, 0.29) is 0 Å². The van der Waals surface area contributed by atoms with Gasteiger partial charge in [0.2, 0.25) is 0 Å². The van der Waals surface area contributed by atoms with Crippen LogP contribution in [0.5, 0.6) is 0 Å². The maximum atomic E-state index is 3.54. The van der Waals surface area contributed by atoms with E-state index in [0.29, 0.717) is 0 Å². The van der Waals surface area contributed by atoms with Crippen LogP contribution in [0.15, 0.2) is 11.3 Å². The topological polar surface area (TPSA) is 12.0 Å². The molecule has 2 rings (SSSR count). The molecule has 1 aliphatic heterocycles. The largest absolute Gasteiger partial charge is 0.388 e. The molecule has 0 bridgehead atoms. The van der Waals surface area contributed by atoms with E-state index in [9.17, 15) is 0 Å². The smallest absolute Gasteiger partial charge is 0.0147 e. The van der Waals surface area contributed by atoms with Crippen molar-refractivity contribution in [1.82, 2.24) is 5.32 Å². The molecule has 1 aliphatic carbocycles. The molecule has 0 amide bonds. The highest BCUT2D eigenvalue weighted by molar-refractivity contribution is 5.25. The summed E-state index contributed by atoms with van der Waals surface area (Å²) in [5, 5.41) is 3.54. The van der Waals surface area contributed by atoms with E-state index in [0.717, 1.165) is 11.8 Å². The van der Waals surface area contributed by atoms with Crippen molar-refractivity contribution in [2.24, 2.45) is 11.8 Å². The first-order valence-electron chi connectivity index (χ1n) is 4.76. The standard InChI is InChI=1S/C10H17N/c1-7-6-8(2)10-9(7)4-3-5-11-10/h7-8,11H,3-6H2,1-2H3. The number of hydrogen-bond donors (Lipinski definition) is 1. The summed E-state index contributed by atoms with van der Waals surface area (Å²) >= 11 is 0. The van der Waals surface area contributed by atoms with Crippen molar-refractivity contribution in [2.75, 3.05) is 6.54 Å². The van der Waals surface area contributed by atoms with Gasteiger partial charge in [0, 0.05) is 12.2 Å². The summed E-state index contributed by atoms with van der Waals surface area (Å²) in [4.78, 5) is 0. The third kappa shape index (κ3) is 1.07. The fraction of sp³-hybridized carbons (Fsp3) is 0.800. The van der Waals surface area contributed by atoms with Gasteiger partial charge in [-0.15, -0.1) is 0 Å². The Labute approximate surface area is 68.9 Å². The molecule has 2 aliphatic rings. The van der Waals surface area contributed by atoms with Crippen LogP contribution in [0, 0.1) is 11.8 Å². The lowest BCUT2D eigenvalue weighted by Gasteiger charge is -2.20. The zero-order chi connectivity index (χ0) is 7.84. The molecule has 0 aromatic heterocycles. The predicted octanol–water partition coefficient (Wildman–Crippen LogP) is 2.30. The van der Waals surface area contributed by atoms with Gasteiger partial charge in [-0.2, -0.15) is 0 Å². The summed E-state index contributed by atoms with van der Waals surface area (Å²) in [5.41, 5.74) is 3.31. The molecule has 0 fully saturated rings. The van der Waals surface area contributed by atoms with E-state index in [1.54, 1.807) is 11.3 Å². The van der Waals surface area contributed by atoms with Gasteiger partial charge >= 0.3 is 0 Å². The van der Waals surface area contributed by atoms with Gasteiger partial charge in [-0.1, -0.05) is 13.8 Å². The summed E-state index contributed by atoms with van der Waals surface area (Å²) < 4.78 is 0. The molecule has 0 aromatic carbocycles. The molecule has 2 unspecified atom stereocenters. The highest BCUT2D eigenvalue weighted by atomic mass is 14.9. The van der Waals surface area contributed by atoms with Crippen molar-refractivity contribution in [3.05, 3.63) is 11.3 Å². The van der Waals surface area contributed by atoms with Crippen molar-refractivity contribution in [1.29, 1.82) is 0 Å². The Bertz CT molecular complexity index is 173. The number of hydrogen-bond acceptors (Lipinski definition) is 1. The van der Waals surface area contributed by atoms with E-state index in [2.05, 4.69) is 19.2 Å². The van der Waals surface area contributed by atoms with Gasteiger partial charge < -0.3 is 5.32 Å². The van der Waals surface area contributed by atoms with E-state index in [1.807, 2.05) is 0 Å². The van der Waals surface area contributed by atoms with E-state index in [4.69, 9.17) is 0 Å². The molecule has 0 radical (unpaired) electrons. The lowest BCUT2D eigenvalue weighted by atomic mass is 9.98. The Morgan fingerprint density at radius 3 is 2.82 bits per heavy atom. The summed E-state index contributed by atoms with van der Waals surface area (Å²) in [6.45, 7) is 5.92. The van der Waals surface area contributed by atoms with Crippen LogP contribution in [0.1, 0.15) is 33.1 Å². The fourth-order valence-corrected chi connectivity index (χ4v) is 2.54. The Morgan fingerprint density at radius 2 is 2.09 bits per heavy atom. The van der Waals surface area contributed by atoms with Crippen LogP contribution in [0.25, 0.3) is 0 Å². The van der Waals surface area contributed by atoms with E-state index < -0.39 is 0 Å². The Balaban J connectivity index is 2.25. The molecule has 62 valence electrons. The summed E-state index contributed by atoms with van der Waals surface area (Å²) in [7, 11) is 0. The minimum Gasteiger partial charge on any atom is -0.388 e. The van der Waals surface area contributed by atoms with Gasteiger partial charge in [-0.05, 0) is 36.7 Å². The van der Waals surface area contributed by atoms with Gasteiger partial charge in [0.15, 0.2) is 0 Å². The molecular formula is C10H17N. The average molecular weight is 151 g/mol. The van der Waals surface area contributed by atoms with E-state index in [1.165, 1.54) is 25.8 Å². The third-order valence-electron chi connectivity index (χ3n) is 3.08. The number of rotatable bonds is 0. The molecule has 0 aromatic rings. The van der Waals surface area contributed by atoms with E-state index >= 15 is 0 Å². The Hall–Kier alpha value is -0.460. The number of nitrogens with one attached hydrogen (secondary N) is 1. The Kier molecular flexibility index (Phi) is 1.67. The summed E-state index contributed by atoms with van der Waals surface area (Å²) in [6.07, 6.45) is 4.07. The zero-order valence-electron chi connectivity index (χ0n) is 7.48. The Morgan fingerprint density at radius 1 is 1.27 bits per heavy atom. The van der Waals surface area contributed by atoms with Crippen molar-refractivity contribution < 1.29 is 0 Å². The molecule has 1 nitrogen and oxygen atoms in total. The quantitative estimate of drug-likeness (QED) is 0.560. The first-order chi connectivity index (χ1) is 5.29. The predicted molar refractivity (Wildman–Crippen MR) is 47.2 cm³/mol. The van der Waals surface area contributed by atoms with Crippen molar-refractivity contribution in [2.45, 2.75) is 33.1 Å². The second-order valence-electron chi connectivity index (χ2n) is 4.01. The zero-order valence-corrected chi connectivity index (χ0v) is 7.48. The summed E-state index contributed by atoms with van der Waals surface area (Å²) in [6, 6.07) is 0. The van der Waals surface area contributed by atoms with Gasteiger partial charge in [0.1, 0.15) is 0 Å². The first-order valence-corrected chi connectivity index (χ1v) is 4.76. The van der Waals surface area contributed by atoms with Gasteiger partial charge in [-0.3, -0.25) is 0 Å². The maximum Gasteiger partial charge on any atom is 0.0147 e. The highest BCUT2D eigenvalue weighted by Crippen LogP contribution is 2.38. The highest BCUT2D eigenvalue weighted by Gasteiger charge is 2.29. The molecule has 0 spiro atoms. The van der Waals surface area contributed by atoms with Crippen LogP contribution in [0.2, 0.25) is 0 Å². The van der Waals surface area contributed by atoms with Crippen LogP contribution in [-0.4, -0.2) is 6.54 Å². The van der Waals surface area contributed by atoms with Crippen LogP contribution in [0.3, 0.4) is 0 Å². The van der Waals surface area contributed by atoms with Crippen molar-refractivity contribution in [3.63, 3.8) is 0 Å². The molecular weight excluding hydrogens is 134 g/mol. The summed E-state index contributed by atoms with van der Waals surface area (Å²) in [5.74, 6) is 1.66. The molecule has 0 saturated heterocycles. The molecule has 1 heterocycles. The van der Waals surface area contributed by atoms with Crippen molar-refractivity contribution >= 4 is 0 Å². The van der Waals surface area contributed by atoms with Gasteiger partial charge in [0.25, 0.3) is 0 Å². The first kappa shape index (κ1) is 7.20.